The van der Waals surface area contributed by atoms with Crippen LogP contribution < -0.4 is 5.73 Å². The van der Waals surface area contributed by atoms with Gasteiger partial charge in [-0.25, -0.2) is 0 Å². The molecule has 0 atom stereocenters. The number of hydrogen-bond acceptors (Lipinski definition) is 2. The summed E-state index contributed by atoms with van der Waals surface area (Å²) >= 11 is 0. The number of carbonyl (C=O) groups is 1. The number of nitrogens with two attached hydrogens (primary N) is 1. The molecular weight excluding hydrogens is 128 g/mol. The normalized spacial score (nSPS) is 16.9. The number of hydrogen-bond donors (Lipinski definition) is 1. The van der Waals surface area contributed by atoms with E-state index in [0.29, 0.717) is 13.0 Å². The molecule has 0 spiro atoms. The van der Waals surface area contributed by atoms with E-state index in [1.807, 2.05) is 12.3 Å². The van der Waals surface area contributed by atoms with Crippen molar-refractivity contribution in [2.75, 3.05) is 13.1 Å². The fourth-order valence-corrected chi connectivity index (χ4v) is 0.942. The van der Waals surface area contributed by atoms with Crippen molar-refractivity contribution >= 4 is 5.91 Å². The van der Waals surface area contributed by atoms with Crippen molar-refractivity contribution in [2.24, 2.45) is 5.73 Å². The van der Waals surface area contributed by atoms with E-state index in [1.165, 1.54) is 0 Å². The SMILES string of the molecule is NCCCN1C=CCC1=O. The Kier molecular flexibility index (Phi) is 2.45. The molecule has 0 aromatic rings. The highest BCUT2D eigenvalue weighted by Gasteiger charge is 2.12. The van der Waals surface area contributed by atoms with Gasteiger partial charge in [0.05, 0.1) is 0 Å². The van der Waals surface area contributed by atoms with Crippen LogP contribution in [0.3, 0.4) is 0 Å². The van der Waals surface area contributed by atoms with E-state index in [-0.39, 0.29) is 5.91 Å². The molecule has 0 saturated carbocycles. The summed E-state index contributed by atoms with van der Waals surface area (Å²) in [4.78, 5) is 12.6. The number of carbonyl (C=O) groups excluding carboxylic acids is 1. The van der Waals surface area contributed by atoms with Gasteiger partial charge in [0.25, 0.3) is 0 Å². The van der Waals surface area contributed by atoms with Crippen molar-refractivity contribution in [1.82, 2.24) is 4.90 Å². The van der Waals surface area contributed by atoms with Crippen molar-refractivity contribution in [3.8, 4) is 0 Å². The Bertz CT molecular complexity index is 154. The van der Waals surface area contributed by atoms with Gasteiger partial charge in [0.15, 0.2) is 0 Å². The molecule has 56 valence electrons. The maximum atomic E-state index is 10.9. The summed E-state index contributed by atoms with van der Waals surface area (Å²) in [6, 6.07) is 0. The second kappa shape index (κ2) is 3.37. The van der Waals surface area contributed by atoms with Gasteiger partial charge >= 0.3 is 0 Å². The molecular formula is C7H12N2O. The van der Waals surface area contributed by atoms with Crippen LogP contribution in [0.15, 0.2) is 12.3 Å². The van der Waals surface area contributed by atoms with Gasteiger partial charge < -0.3 is 10.6 Å². The molecule has 1 aliphatic heterocycles. The summed E-state index contributed by atoms with van der Waals surface area (Å²) in [5.74, 6) is 0.188. The molecule has 1 aliphatic rings. The van der Waals surface area contributed by atoms with Crippen LogP contribution in [0.1, 0.15) is 12.8 Å². The molecule has 0 aromatic carbocycles. The first kappa shape index (κ1) is 7.28. The second-order valence-electron chi connectivity index (χ2n) is 2.32. The molecule has 1 amide bonds. The number of nitrogens with zero attached hydrogens (tertiary/aromatic N) is 1. The Morgan fingerprint density at radius 1 is 1.70 bits per heavy atom. The predicted molar refractivity (Wildman–Crippen MR) is 39.1 cm³/mol. The minimum absolute atomic E-state index is 0.188. The van der Waals surface area contributed by atoms with Crippen LogP contribution in [0.2, 0.25) is 0 Å². The van der Waals surface area contributed by atoms with Gasteiger partial charge in [-0.05, 0) is 13.0 Å². The molecule has 1 rings (SSSR count). The highest BCUT2D eigenvalue weighted by Crippen LogP contribution is 2.05. The number of amides is 1. The molecule has 10 heavy (non-hydrogen) atoms. The zero-order chi connectivity index (χ0) is 7.40. The highest BCUT2D eigenvalue weighted by molar-refractivity contribution is 5.81. The average Bonchev–Trinajstić information content (AvgIpc) is 2.31. The molecule has 0 radical (unpaired) electrons. The van der Waals surface area contributed by atoms with Crippen molar-refractivity contribution < 1.29 is 4.79 Å². The van der Waals surface area contributed by atoms with Crippen molar-refractivity contribution in [3.63, 3.8) is 0 Å². The van der Waals surface area contributed by atoms with Crippen LogP contribution in [0.5, 0.6) is 0 Å². The average molecular weight is 140 g/mol. The number of rotatable bonds is 3. The van der Waals surface area contributed by atoms with E-state index >= 15 is 0 Å². The van der Waals surface area contributed by atoms with Gasteiger partial charge in [0.1, 0.15) is 0 Å². The molecule has 0 aromatic heterocycles. The smallest absolute Gasteiger partial charge is 0.230 e. The van der Waals surface area contributed by atoms with Crippen molar-refractivity contribution in [3.05, 3.63) is 12.3 Å². The lowest BCUT2D eigenvalue weighted by molar-refractivity contribution is -0.126. The van der Waals surface area contributed by atoms with E-state index in [1.54, 1.807) is 4.90 Å². The molecule has 2 N–H and O–H groups in total. The molecule has 1 heterocycles. The van der Waals surface area contributed by atoms with Crippen LogP contribution in [-0.2, 0) is 4.79 Å². The van der Waals surface area contributed by atoms with E-state index in [4.69, 9.17) is 5.73 Å². The summed E-state index contributed by atoms with van der Waals surface area (Å²) in [5.41, 5.74) is 5.29. The lowest BCUT2D eigenvalue weighted by atomic mass is 10.4. The van der Waals surface area contributed by atoms with Gasteiger partial charge in [-0.3, -0.25) is 4.79 Å². The topological polar surface area (TPSA) is 46.3 Å². The van der Waals surface area contributed by atoms with Crippen LogP contribution >= 0.6 is 0 Å². The van der Waals surface area contributed by atoms with E-state index < -0.39 is 0 Å². The van der Waals surface area contributed by atoms with Gasteiger partial charge in [0, 0.05) is 19.2 Å². The Balaban J connectivity index is 2.27. The third-order valence-corrected chi connectivity index (χ3v) is 1.50. The highest BCUT2D eigenvalue weighted by atomic mass is 16.2. The Morgan fingerprint density at radius 3 is 3.00 bits per heavy atom. The fraction of sp³-hybridized carbons (Fsp3) is 0.571. The molecule has 3 heteroatoms. The fourth-order valence-electron chi connectivity index (χ4n) is 0.942. The standard InChI is InChI=1S/C7H12N2O/c8-4-2-6-9-5-1-3-7(9)10/h1,5H,2-4,6,8H2. The Morgan fingerprint density at radius 2 is 2.50 bits per heavy atom. The van der Waals surface area contributed by atoms with E-state index in [0.717, 1.165) is 13.0 Å². The maximum Gasteiger partial charge on any atom is 0.230 e. The zero-order valence-corrected chi connectivity index (χ0v) is 5.92. The summed E-state index contributed by atoms with van der Waals surface area (Å²) in [6.45, 7) is 1.42. The lowest BCUT2D eigenvalue weighted by Gasteiger charge is -2.11. The quantitative estimate of drug-likeness (QED) is 0.603. The Labute approximate surface area is 60.5 Å². The Hall–Kier alpha value is -0.830. The molecule has 0 aliphatic carbocycles. The summed E-state index contributed by atoms with van der Waals surface area (Å²) in [6.07, 6.45) is 5.15. The molecule has 0 fully saturated rings. The van der Waals surface area contributed by atoms with Crippen LogP contribution in [0.4, 0.5) is 0 Å². The van der Waals surface area contributed by atoms with Crippen LogP contribution in [-0.4, -0.2) is 23.9 Å². The molecule has 0 saturated heterocycles. The van der Waals surface area contributed by atoms with Gasteiger partial charge in [0.2, 0.25) is 5.91 Å². The van der Waals surface area contributed by atoms with Crippen LogP contribution in [0.25, 0.3) is 0 Å². The first-order chi connectivity index (χ1) is 4.84. The third-order valence-electron chi connectivity index (χ3n) is 1.50. The minimum atomic E-state index is 0.188. The molecule has 0 unspecified atom stereocenters. The molecule has 3 nitrogen and oxygen atoms in total. The van der Waals surface area contributed by atoms with Gasteiger partial charge in [-0.15, -0.1) is 0 Å². The van der Waals surface area contributed by atoms with Crippen molar-refractivity contribution in [2.45, 2.75) is 12.8 Å². The van der Waals surface area contributed by atoms with E-state index in [2.05, 4.69) is 0 Å². The predicted octanol–water partition coefficient (Wildman–Crippen LogP) is 0.0812. The summed E-state index contributed by atoms with van der Waals surface area (Å²) < 4.78 is 0. The monoisotopic (exact) mass is 140 g/mol. The van der Waals surface area contributed by atoms with E-state index in [9.17, 15) is 4.79 Å². The van der Waals surface area contributed by atoms with Gasteiger partial charge in [-0.1, -0.05) is 6.08 Å². The van der Waals surface area contributed by atoms with Crippen molar-refractivity contribution in [1.29, 1.82) is 0 Å². The summed E-state index contributed by atoms with van der Waals surface area (Å²) in [5, 5.41) is 0. The zero-order valence-electron chi connectivity index (χ0n) is 5.92. The minimum Gasteiger partial charge on any atom is -0.330 e. The second-order valence-corrected chi connectivity index (χ2v) is 2.32. The third kappa shape index (κ3) is 1.57. The first-order valence-electron chi connectivity index (χ1n) is 3.51. The lowest BCUT2D eigenvalue weighted by Crippen LogP contribution is -2.23. The maximum absolute atomic E-state index is 10.9. The molecule has 0 bridgehead atoms. The summed E-state index contributed by atoms with van der Waals surface area (Å²) in [7, 11) is 0. The largest absolute Gasteiger partial charge is 0.330 e. The van der Waals surface area contributed by atoms with Crippen LogP contribution in [0, 0.1) is 0 Å². The first-order valence-corrected chi connectivity index (χ1v) is 3.51. The van der Waals surface area contributed by atoms with Gasteiger partial charge in [-0.2, -0.15) is 0 Å².